The van der Waals surface area contributed by atoms with Gasteiger partial charge in [-0.15, -0.1) is 0 Å². The number of H-pyrrole nitrogens is 1. The Bertz CT molecular complexity index is 1610. The fourth-order valence-electron chi connectivity index (χ4n) is 4.13. The maximum Gasteiger partial charge on any atom is 0.253 e. The highest BCUT2D eigenvalue weighted by Crippen LogP contribution is 2.30. The van der Waals surface area contributed by atoms with E-state index in [2.05, 4.69) is 30.9 Å². The van der Waals surface area contributed by atoms with Gasteiger partial charge in [0.25, 0.3) is 5.91 Å². The van der Waals surface area contributed by atoms with Crippen LogP contribution in [0, 0.1) is 11.3 Å². The molecular weight excluding hydrogens is 475 g/mol. The standard InChI is InChI=1S/C26H23FN8O2/c1-26(37,15-30-19-4-6-21-18(10-19)14-31-34-21)24(27)23(33-25(36)17-3-2-8-29-13-17)22-7-5-20-9-16(11-28)12-32-35(20)22/h2-10,12-14,23-24,30,37H,15H2,1H3,(H,31,34)(H,33,36)/t23-,24-,26-/m1/s1. The summed E-state index contributed by atoms with van der Waals surface area (Å²) in [5, 5.41) is 38.2. The van der Waals surface area contributed by atoms with Gasteiger partial charge in [-0.25, -0.2) is 8.91 Å². The molecular formula is C26H23FN8O2. The third-order valence-corrected chi connectivity index (χ3v) is 6.17. The summed E-state index contributed by atoms with van der Waals surface area (Å²) in [4.78, 5) is 17.0. The lowest BCUT2D eigenvalue weighted by Crippen LogP contribution is -2.50. The van der Waals surface area contributed by atoms with Crippen molar-refractivity contribution in [2.75, 3.05) is 11.9 Å². The molecule has 5 aromatic rings. The molecule has 0 spiro atoms. The van der Waals surface area contributed by atoms with Crippen LogP contribution in [-0.2, 0) is 0 Å². The molecule has 1 amide bonds. The average molecular weight is 499 g/mol. The predicted octanol–water partition coefficient (Wildman–Crippen LogP) is 3.15. The molecule has 10 nitrogen and oxygen atoms in total. The van der Waals surface area contributed by atoms with Crippen LogP contribution < -0.4 is 10.6 Å². The normalized spacial score (nSPS) is 14.5. The molecule has 0 saturated heterocycles. The number of hydrogen-bond donors (Lipinski definition) is 4. The van der Waals surface area contributed by atoms with Crippen molar-refractivity contribution in [1.29, 1.82) is 5.26 Å². The Morgan fingerprint density at radius 3 is 2.89 bits per heavy atom. The zero-order valence-electron chi connectivity index (χ0n) is 19.8. The van der Waals surface area contributed by atoms with Crippen LogP contribution in [0.2, 0.25) is 0 Å². The van der Waals surface area contributed by atoms with E-state index in [1.54, 1.807) is 42.6 Å². The minimum atomic E-state index is -1.95. The number of halogens is 1. The van der Waals surface area contributed by atoms with Gasteiger partial charge in [0.2, 0.25) is 0 Å². The number of pyridine rings is 1. The van der Waals surface area contributed by atoms with Gasteiger partial charge in [-0.1, -0.05) is 0 Å². The van der Waals surface area contributed by atoms with Crippen molar-refractivity contribution in [3.05, 3.63) is 90.1 Å². The van der Waals surface area contributed by atoms with Crippen LogP contribution in [0.5, 0.6) is 0 Å². The first-order chi connectivity index (χ1) is 17.9. The molecule has 4 heterocycles. The lowest BCUT2D eigenvalue weighted by molar-refractivity contribution is -0.0253. The van der Waals surface area contributed by atoms with Crippen LogP contribution in [0.15, 0.2) is 73.3 Å². The smallest absolute Gasteiger partial charge is 0.253 e. The Balaban J connectivity index is 1.44. The van der Waals surface area contributed by atoms with Gasteiger partial charge in [-0.2, -0.15) is 15.5 Å². The molecule has 37 heavy (non-hydrogen) atoms. The molecule has 5 rings (SSSR count). The van der Waals surface area contributed by atoms with Gasteiger partial charge < -0.3 is 15.7 Å². The molecule has 0 aliphatic carbocycles. The van der Waals surface area contributed by atoms with Crippen molar-refractivity contribution in [1.82, 2.24) is 30.1 Å². The summed E-state index contributed by atoms with van der Waals surface area (Å²) >= 11 is 0. The molecule has 1 aromatic carbocycles. The number of amides is 1. The zero-order valence-corrected chi connectivity index (χ0v) is 19.8. The van der Waals surface area contributed by atoms with Gasteiger partial charge in [-0.05, 0) is 55.5 Å². The summed E-state index contributed by atoms with van der Waals surface area (Å²) in [6.07, 6.45) is 3.98. The average Bonchev–Trinajstić information content (AvgIpc) is 3.57. The third kappa shape index (κ3) is 4.82. The third-order valence-electron chi connectivity index (χ3n) is 6.17. The monoisotopic (exact) mass is 498 g/mol. The lowest BCUT2D eigenvalue weighted by atomic mass is 9.92. The SMILES string of the molecule is C[C@@](O)(CNc1ccc2[nH]ncc2c1)[C@H](F)[C@H](NC(=O)c1cccnc1)c1ccc2cc(C#N)cnn12. The van der Waals surface area contributed by atoms with Crippen molar-refractivity contribution in [3.63, 3.8) is 0 Å². The number of nitrogens with zero attached hydrogens (tertiary/aromatic N) is 5. The number of anilines is 1. The number of nitrogens with one attached hydrogen (secondary N) is 3. The molecule has 4 N–H and O–H groups in total. The molecule has 186 valence electrons. The summed E-state index contributed by atoms with van der Waals surface area (Å²) in [7, 11) is 0. The second-order valence-corrected chi connectivity index (χ2v) is 8.93. The number of aromatic nitrogens is 5. The van der Waals surface area contributed by atoms with E-state index in [-0.39, 0.29) is 12.1 Å². The van der Waals surface area contributed by atoms with Gasteiger partial charge in [-0.3, -0.25) is 14.9 Å². The van der Waals surface area contributed by atoms with E-state index >= 15 is 4.39 Å². The summed E-state index contributed by atoms with van der Waals surface area (Å²) < 4.78 is 17.7. The van der Waals surface area contributed by atoms with Crippen molar-refractivity contribution < 1.29 is 14.3 Å². The number of carbonyl (C=O) groups is 1. The minimum absolute atomic E-state index is 0.147. The highest BCUT2D eigenvalue weighted by Gasteiger charge is 2.41. The first kappa shape index (κ1) is 23.9. The minimum Gasteiger partial charge on any atom is -0.385 e. The van der Waals surface area contributed by atoms with Gasteiger partial charge in [0, 0.05) is 30.0 Å². The maximum atomic E-state index is 16.2. The Morgan fingerprint density at radius 1 is 1.24 bits per heavy atom. The number of aromatic amines is 1. The molecule has 0 radical (unpaired) electrons. The highest BCUT2D eigenvalue weighted by atomic mass is 19.1. The molecule has 0 saturated carbocycles. The summed E-state index contributed by atoms with van der Waals surface area (Å²) in [5.74, 6) is -0.557. The van der Waals surface area contributed by atoms with Gasteiger partial charge >= 0.3 is 0 Å². The number of fused-ring (bicyclic) bond motifs is 2. The first-order valence-corrected chi connectivity index (χ1v) is 11.5. The van der Waals surface area contributed by atoms with Crippen LogP contribution in [0.4, 0.5) is 10.1 Å². The van der Waals surface area contributed by atoms with Crippen molar-refractivity contribution in [3.8, 4) is 6.07 Å². The van der Waals surface area contributed by atoms with E-state index in [4.69, 9.17) is 0 Å². The largest absolute Gasteiger partial charge is 0.385 e. The number of rotatable bonds is 8. The predicted molar refractivity (Wildman–Crippen MR) is 134 cm³/mol. The first-order valence-electron chi connectivity index (χ1n) is 11.5. The molecule has 3 atom stereocenters. The summed E-state index contributed by atoms with van der Waals surface area (Å²) in [5.41, 5.74) is 1.07. The number of aliphatic hydroxyl groups is 1. The molecule has 0 bridgehead atoms. The van der Waals surface area contributed by atoms with Crippen LogP contribution in [-0.4, -0.2) is 54.1 Å². The van der Waals surface area contributed by atoms with Gasteiger partial charge in [0.15, 0.2) is 6.17 Å². The van der Waals surface area contributed by atoms with Crippen molar-refractivity contribution >= 4 is 28.0 Å². The Morgan fingerprint density at radius 2 is 2.11 bits per heavy atom. The van der Waals surface area contributed by atoms with E-state index in [1.807, 2.05) is 18.2 Å². The number of carbonyl (C=O) groups excluding carboxylic acids is 1. The quantitative estimate of drug-likeness (QED) is 0.257. The maximum absolute atomic E-state index is 16.2. The van der Waals surface area contributed by atoms with Crippen molar-refractivity contribution in [2.45, 2.75) is 24.7 Å². The Kier molecular flexibility index (Phi) is 6.25. The molecule has 4 aromatic heterocycles. The number of benzene rings is 1. The second kappa shape index (κ2) is 9.67. The zero-order chi connectivity index (χ0) is 26.0. The fourth-order valence-corrected chi connectivity index (χ4v) is 4.13. The van der Waals surface area contributed by atoms with E-state index < -0.39 is 23.7 Å². The van der Waals surface area contributed by atoms with Crippen LogP contribution >= 0.6 is 0 Å². The highest BCUT2D eigenvalue weighted by molar-refractivity contribution is 5.94. The van der Waals surface area contributed by atoms with Gasteiger partial charge in [0.05, 0.1) is 40.2 Å². The van der Waals surface area contributed by atoms with E-state index in [0.717, 1.165) is 10.9 Å². The van der Waals surface area contributed by atoms with Crippen LogP contribution in [0.3, 0.4) is 0 Å². The Labute approximate surface area is 210 Å². The van der Waals surface area contributed by atoms with Crippen molar-refractivity contribution in [2.24, 2.45) is 0 Å². The Hall–Kier alpha value is -4.82. The molecule has 11 heteroatoms. The number of nitriles is 1. The molecule has 0 aliphatic rings. The van der Waals surface area contributed by atoms with E-state index in [0.29, 0.717) is 22.5 Å². The number of hydrogen-bond acceptors (Lipinski definition) is 7. The molecule has 0 unspecified atom stereocenters. The number of alkyl halides is 1. The van der Waals surface area contributed by atoms with E-state index in [1.165, 1.54) is 30.0 Å². The summed E-state index contributed by atoms with van der Waals surface area (Å²) in [6, 6.07) is 14.3. The van der Waals surface area contributed by atoms with Gasteiger partial charge in [0.1, 0.15) is 17.7 Å². The summed E-state index contributed by atoms with van der Waals surface area (Å²) in [6.45, 7) is 1.22. The van der Waals surface area contributed by atoms with Crippen LogP contribution in [0.1, 0.15) is 34.6 Å². The molecule has 0 aliphatic heterocycles. The second-order valence-electron chi connectivity index (χ2n) is 8.93. The van der Waals surface area contributed by atoms with Crippen LogP contribution in [0.25, 0.3) is 16.4 Å². The lowest BCUT2D eigenvalue weighted by Gasteiger charge is -2.33. The van der Waals surface area contributed by atoms with E-state index in [9.17, 15) is 15.2 Å². The molecule has 0 fully saturated rings. The fraction of sp³-hybridized carbons (Fsp3) is 0.192. The topological polar surface area (TPSA) is 144 Å².